The largest absolute Gasteiger partial charge is 0.261 e. The summed E-state index contributed by atoms with van der Waals surface area (Å²) >= 11 is 0. The molecule has 0 amide bonds. The Kier molecular flexibility index (Phi) is 4.75. The maximum absolute atomic E-state index is 12.7. The number of aromatic nitrogens is 1. The summed E-state index contributed by atoms with van der Waals surface area (Å²) in [6.07, 6.45) is 1.51. The fraction of sp³-hybridized carbons (Fsp3) is 0.312. The summed E-state index contributed by atoms with van der Waals surface area (Å²) in [4.78, 5) is 4.04. The summed E-state index contributed by atoms with van der Waals surface area (Å²) < 4.78 is 26.9. The Labute approximate surface area is 126 Å². The predicted octanol–water partition coefficient (Wildman–Crippen LogP) is 2.91. The van der Waals surface area contributed by atoms with E-state index in [1.165, 1.54) is 10.5 Å². The third-order valence-corrected chi connectivity index (χ3v) is 5.36. The lowest BCUT2D eigenvalue weighted by Crippen LogP contribution is -2.31. The summed E-state index contributed by atoms with van der Waals surface area (Å²) in [5, 5.41) is 0.138. The summed E-state index contributed by atoms with van der Waals surface area (Å²) in [7, 11) is -3.57. The summed E-state index contributed by atoms with van der Waals surface area (Å²) in [6, 6.07) is 11.4. The molecule has 0 aliphatic rings. The Morgan fingerprint density at radius 1 is 1.10 bits per heavy atom. The van der Waals surface area contributed by atoms with Crippen molar-refractivity contribution in [3.05, 3.63) is 59.3 Å². The normalized spacial score (nSPS) is 11.8. The Hall–Kier alpha value is -1.72. The first-order valence-electron chi connectivity index (χ1n) is 6.92. The number of hydrogen-bond donors (Lipinski definition) is 0. The smallest absolute Gasteiger partial charge is 0.243 e. The number of benzene rings is 1. The zero-order chi connectivity index (χ0) is 15.5. The standard InChI is InChI=1S/C16H20N2O2S/c1-4-18(12-15-9-7-13(2)8-10-15)21(19,20)16-14(3)6-5-11-17-16/h5-11H,4,12H2,1-3H3. The van der Waals surface area contributed by atoms with Crippen molar-refractivity contribution < 1.29 is 8.42 Å². The van der Waals surface area contributed by atoms with Gasteiger partial charge in [0.2, 0.25) is 0 Å². The van der Waals surface area contributed by atoms with Gasteiger partial charge in [-0.05, 0) is 31.0 Å². The van der Waals surface area contributed by atoms with Crippen molar-refractivity contribution in [2.45, 2.75) is 32.3 Å². The monoisotopic (exact) mass is 304 g/mol. The first-order chi connectivity index (χ1) is 9.95. The highest BCUT2D eigenvalue weighted by molar-refractivity contribution is 7.89. The second kappa shape index (κ2) is 6.37. The van der Waals surface area contributed by atoms with Crippen LogP contribution in [0.5, 0.6) is 0 Å². The molecule has 2 aromatic rings. The van der Waals surface area contributed by atoms with Gasteiger partial charge in [0.05, 0.1) is 0 Å². The van der Waals surface area contributed by atoms with Gasteiger partial charge in [0.25, 0.3) is 10.0 Å². The highest BCUT2D eigenvalue weighted by Crippen LogP contribution is 2.19. The van der Waals surface area contributed by atoms with E-state index in [0.717, 1.165) is 11.1 Å². The molecule has 1 aromatic heterocycles. The van der Waals surface area contributed by atoms with Gasteiger partial charge in [0.15, 0.2) is 5.03 Å². The van der Waals surface area contributed by atoms with E-state index >= 15 is 0 Å². The minimum absolute atomic E-state index is 0.138. The quantitative estimate of drug-likeness (QED) is 0.853. The maximum Gasteiger partial charge on any atom is 0.261 e. The Bertz CT molecular complexity index is 709. The molecule has 0 aliphatic carbocycles. The van der Waals surface area contributed by atoms with Gasteiger partial charge in [0.1, 0.15) is 0 Å². The van der Waals surface area contributed by atoms with Crippen LogP contribution in [-0.2, 0) is 16.6 Å². The van der Waals surface area contributed by atoms with Crippen molar-refractivity contribution in [3.8, 4) is 0 Å². The average molecular weight is 304 g/mol. The molecule has 5 heteroatoms. The van der Waals surface area contributed by atoms with Crippen LogP contribution in [0.3, 0.4) is 0 Å². The minimum atomic E-state index is -3.57. The topological polar surface area (TPSA) is 50.3 Å². The van der Waals surface area contributed by atoms with Crippen molar-refractivity contribution in [1.82, 2.24) is 9.29 Å². The van der Waals surface area contributed by atoms with Crippen molar-refractivity contribution in [1.29, 1.82) is 0 Å². The SMILES string of the molecule is CCN(Cc1ccc(C)cc1)S(=O)(=O)c1ncccc1C. The van der Waals surface area contributed by atoms with Gasteiger partial charge in [-0.15, -0.1) is 0 Å². The molecule has 1 aromatic carbocycles. The lowest BCUT2D eigenvalue weighted by Gasteiger charge is -2.21. The second-order valence-electron chi connectivity index (χ2n) is 5.04. The number of rotatable bonds is 5. The summed E-state index contributed by atoms with van der Waals surface area (Å²) in [5.41, 5.74) is 2.80. The lowest BCUT2D eigenvalue weighted by molar-refractivity contribution is 0.421. The van der Waals surface area contributed by atoms with Gasteiger partial charge in [-0.3, -0.25) is 0 Å². The Balaban J connectivity index is 2.32. The zero-order valence-corrected chi connectivity index (χ0v) is 13.4. The van der Waals surface area contributed by atoms with Crippen molar-refractivity contribution in [2.24, 2.45) is 0 Å². The molecule has 0 atom stereocenters. The van der Waals surface area contributed by atoms with Gasteiger partial charge in [-0.25, -0.2) is 13.4 Å². The third-order valence-electron chi connectivity index (χ3n) is 3.38. The molecule has 4 nitrogen and oxygen atoms in total. The molecule has 0 fully saturated rings. The third kappa shape index (κ3) is 3.49. The first-order valence-corrected chi connectivity index (χ1v) is 8.36. The van der Waals surface area contributed by atoms with E-state index in [1.54, 1.807) is 19.1 Å². The lowest BCUT2D eigenvalue weighted by atomic mass is 10.1. The van der Waals surface area contributed by atoms with Crippen LogP contribution in [0.15, 0.2) is 47.6 Å². The van der Waals surface area contributed by atoms with Gasteiger partial charge in [-0.2, -0.15) is 4.31 Å². The molecule has 1 heterocycles. The molecule has 0 saturated carbocycles. The molecule has 112 valence electrons. The summed E-state index contributed by atoms with van der Waals surface area (Å²) in [5.74, 6) is 0. The molecule has 2 rings (SSSR count). The van der Waals surface area contributed by atoms with Crippen molar-refractivity contribution in [2.75, 3.05) is 6.54 Å². The van der Waals surface area contributed by atoms with Crippen LogP contribution in [0.2, 0.25) is 0 Å². The number of aryl methyl sites for hydroxylation is 2. The first kappa shape index (κ1) is 15.7. The number of nitrogens with zero attached hydrogens (tertiary/aromatic N) is 2. The van der Waals surface area contributed by atoms with E-state index in [1.807, 2.05) is 38.1 Å². The van der Waals surface area contributed by atoms with E-state index in [2.05, 4.69) is 4.98 Å². The van der Waals surface area contributed by atoms with E-state index in [0.29, 0.717) is 18.7 Å². The molecule has 21 heavy (non-hydrogen) atoms. The van der Waals surface area contributed by atoms with Crippen LogP contribution in [0.25, 0.3) is 0 Å². The fourth-order valence-corrected chi connectivity index (χ4v) is 3.70. The van der Waals surface area contributed by atoms with E-state index in [-0.39, 0.29) is 5.03 Å². The zero-order valence-electron chi connectivity index (χ0n) is 12.6. The van der Waals surface area contributed by atoms with Crippen LogP contribution in [0.1, 0.15) is 23.6 Å². The highest BCUT2D eigenvalue weighted by Gasteiger charge is 2.26. The Morgan fingerprint density at radius 3 is 2.33 bits per heavy atom. The van der Waals surface area contributed by atoms with Gasteiger partial charge in [0, 0.05) is 19.3 Å². The minimum Gasteiger partial charge on any atom is -0.243 e. The summed E-state index contributed by atoms with van der Waals surface area (Å²) in [6.45, 7) is 6.38. The number of sulfonamides is 1. The van der Waals surface area contributed by atoms with Crippen LogP contribution in [0, 0.1) is 13.8 Å². The Morgan fingerprint density at radius 2 is 1.76 bits per heavy atom. The molecule has 0 saturated heterocycles. The van der Waals surface area contributed by atoms with E-state index in [4.69, 9.17) is 0 Å². The van der Waals surface area contributed by atoms with E-state index in [9.17, 15) is 8.42 Å². The van der Waals surface area contributed by atoms with Gasteiger partial charge < -0.3 is 0 Å². The maximum atomic E-state index is 12.7. The highest BCUT2D eigenvalue weighted by atomic mass is 32.2. The number of hydrogen-bond acceptors (Lipinski definition) is 3. The molecule has 0 radical (unpaired) electrons. The second-order valence-corrected chi connectivity index (χ2v) is 6.90. The van der Waals surface area contributed by atoms with Crippen molar-refractivity contribution >= 4 is 10.0 Å². The molecule has 0 N–H and O–H groups in total. The molecule has 0 unspecified atom stereocenters. The van der Waals surface area contributed by atoms with Crippen molar-refractivity contribution in [3.63, 3.8) is 0 Å². The van der Waals surface area contributed by atoms with Crippen LogP contribution < -0.4 is 0 Å². The van der Waals surface area contributed by atoms with Crippen LogP contribution >= 0.6 is 0 Å². The van der Waals surface area contributed by atoms with Gasteiger partial charge in [-0.1, -0.05) is 42.8 Å². The molecule has 0 bridgehead atoms. The van der Waals surface area contributed by atoms with Gasteiger partial charge >= 0.3 is 0 Å². The average Bonchev–Trinajstić information content (AvgIpc) is 2.46. The molecule has 0 spiro atoms. The molecule has 0 aliphatic heterocycles. The van der Waals surface area contributed by atoms with Crippen LogP contribution in [-0.4, -0.2) is 24.3 Å². The predicted molar refractivity (Wildman–Crippen MR) is 83.4 cm³/mol. The van der Waals surface area contributed by atoms with Crippen LogP contribution in [0.4, 0.5) is 0 Å². The fourth-order valence-electron chi connectivity index (χ4n) is 2.13. The number of pyridine rings is 1. The van der Waals surface area contributed by atoms with E-state index < -0.39 is 10.0 Å². The molecular formula is C16H20N2O2S. The molecular weight excluding hydrogens is 284 g/mol.